The van der Waals surface area contributed by atoms with Crippen molar-refractivity contribution in [2.75, 3.05) is 13.7 Å². The highest BCUT2D eigenvalue weighted by molar-refractivity contribution is 5.94. The fourth-order valence-corrected chi connectivity index (χ4v) is 4.32. The third-order valence-corrected chi connectivity index (χ3v) is 6.62. The van der Waals surface area contributed by atoms with Gasteiger partial charge in [0.1, 0.15) is 5.69 Å². The summed E-state index contributed by atoms with van der Waals surface area (Å²) in [6.45, 7) is 2.24. The third-order valence-electron chi connectivity index (χ3n) is 6.62. The molecule has 2 aromatic heterocycles. The van der Waals surface area contributed by atoms with Gasteiger partial charge in [0, 0.05) is 12.0 Å². The van der Waals surface area contributed by atoms with E-state index in [1.807, 2.05) is 6.92 Å². The highest BCUT2D eigenvalue weighted by Crippen LogP contribution is 2.43. The molecular weight excluding hydrogens is 467 g/mol. The third kappa shape index (κ3) is 4.77. The van der Waals surface area contributed by atoms with Gasteiger partial charge in [-0.2, -0.15) is 9.37 Å². The molecule has 0 bridgehead atoms. The molecule has 186 valence electrons. The minimum atomic E-state index is -1.79. The van der Waals surface area contributed by atoms with Gasteiger partial charge in [0.15, 0.2) is 17.4 Å². The Hall–Kier alpha value is -3.70. The van der Waals surface area contributed by atoms with E-state index >= 15 is 0 Å². The maximum Gasteiger partial charge on any atom is 0.254 e. The standard InChI is InChI=1S/C23H24F3N5O4/c1-3-23(22-30-20(31-35-22)15-10-28-16(34-2)11-27-15)6-4-12(5-7-23)9-29-21(33)13-8-14(24)19(32)18(26)17(13)25/h8,10-12,32H,3-7,9H2,1-2H3,(H,29,33). The zero-order chi connectivity index (χ0) is 25.2. The summed E-state index contributed by atoms with van der Waals surface area (Å²) < 4.78 is 51.6. The van der Waals surface area contributed by atoms with E-state index in [-0.39, 0.29) is 17.9 Å². The van der Waals surface area contributed by atoms with Crippen LogP contribution in [0, 0.1) is 23.4 Å². The van der Waals surface area contributed by atoms with Crippen LogP contribution < -0.4 is 10.1 Å². The molecule has 35 heavy (non-hydrogen) atoms. The molecule has 1 aromatic carbocycles. The van der Waals surface area contributed by atoms with Gasteiger partial charge in [-0.15, -0.1) is 0 Å². The van der Waals surface area contributed by atoms with E-state index in [4.69, 9.17) is 14.4 Å². The van der Waals surface area contributed by atoms with Crippen molar-refractivity contribution in [1.29, 1.82) is 0 Å². The van der Waals surface area contributed by atoms with Gasteiger partial charge in [-0.25, -0.2) is 18.7 Å². The summed E-state index contributed by atoms with van der Waals surface area (Å²) >= 11 is 0. The Labute approximate surface area is 198 Å². The van der Waals surface area contributed by atoms with Crippen LogP contribution in [0.3, 0.4) is 0 Å². The Morgan fingerprint density at radius 2 is 1.97 bits per heavy atom. The average Bonchev–Trinajstić information content (AvgIpc) is 3.39. The van der Waals surface area contributed by atoms with Crippen LogP contribution in [0.4, 0.5) is 13.2 Å². The first-order valence-electron chi connectivity index (χ1n) is 11.1. The number of aromatic hydroxyl groups is 1. The number of methoxy groups -OCH3 is 1. The van der Waals surface area contributed by atoms with Crippen molar-refractivity contribution in [1.82, 2.24) is 25.4 Å². The molecule has 0 spiro atoms. The molecule has 1 aliphatic carbocycles. The van der Waals surface area contributed by atoms with Gasteiger partial charge in [0.05, 0.1) is 25.1 Å². The number of nitrogens with zero attached hydrogens (tertiary/aromatic N) is 4. The van der Waals surface area contributed by atoms with Gasteiger partial charge in [-0.1, -0.05) is 12.1 Å². The summed E-state index contributed by atoms with van der Waals surface area (Å²) in [6, 6.07) is 0.479. The predicted octanol–water partition coefficient (Wildman–Crippen LogP) is 3.93. The first-order valence-corrected chi connectivity index (χ1v) is 11.1. The van der Waals surface area contributed by atoms with E-state index in [9.17, 15) is 18.0 Å². The Morgan fingerprint density at radius 1 is 1.23 bits per heavy atom. The number of aromatic nitrogens is 4. The molecule has 9 nitrogen and oxygen atoms in total. The second-order valence-electron chi connectivity index (χ2n) is 8.54. The van der Waals surface area contributed by atoms with Crippen molar-refractivity contribution in [3.63, 3.8) is 0 Å². The van der Waals surface area contributed by atoms with Crippen LogP contribution in [-0.2, 0) is 5.41 Å². The van der Waals surface area contributed by atoms with Crippen LogP contribution in [-0.4, -0.2) is 44.8 Å². The molecule has 0 unspecified atom stereocenters. The largest absolute Gasteiger partial charge is 0.503 e. The molecule has 1 amide bonds. The predicted molar refractivity (Wildman–Crippen MR) is 116 cm³/mol. The number of amides is 1. The van der Waals surface area contributed by atoms with Gasteiger partial charge < -0.3 is 19.7 Å². The smallest absolute Gasteiger partial charge is 0.254 e. The minimum Gasteiger partial charge on any atom is -0.503 e. The molecule has 0 atom stereocenters. The highest BCUT2D eigenvalue weighted by Gasteiger charge is 2.40. The molecule has 12 heteroatoms. The number of halogens is 3. The zero-order valence-corrected chi connectivity index (χ0v) is 19.1. The van der Waals surface area contributed by atoms with E-state index in [0.29, 0.717) is 29.4 Å². The summed E-state index contributed by atoms with van der Waals surface area (Å²) in [7, 11) is 1.49. The number of rotatable bonds is 7. The second-order valence-corrected chi connectivity index (χ2v) is 8.54. The van der Waals surface area contributed by atoms with Crippen molar-refractivity contribution < 1.29 is 32.3 Å². The molecule has 4 rings (SSSR count). The van der Waals surface area contributed by atoms with Crippen LogP contribution in [0.2, 0.25) is 0 Å². The molecule has 3 aromatic rings. The summed E-state index contributed by atoms with van der Waals surface area (Å²) in [5.41, 5.74) is -0.671. The normalized spacial score (nSPS) is 20.0. The molecule has 2 heterocycles. The van der Waals surface area contributed by atoms with Crippen molar-refractivity contribution in [3.8, 4) is 23.1 Å². The number of carbonyl (C=O) groups is 1. The number of ether oxygens (including phenoxy) is 1. The van der Waals surface area contributed by atoms with Crippen molar-refractivity contribution >= 4 is 5.91 Å². The summed E-state index contributed by atoms with van der Waals surface area (Å²) in [5.74, 6) is -5.91. The molecular formula is C23H24F3N5O4. The van der Waals surface area contributed by atoms with E-state index in [2.05, 4.69) is 25.4 Å². The van der Waals surface area contributed by atoms with Gasteiger partial charge in [-0.05, 0) is 44.1 Å². The molecule has 1 aliphatic rings. The van der Waals surface area contributed by atoms with E-state index in [1.165, 1.54) is 19.5 Å². The number of hydrogen-bond donors (Lipinski definition) is 2. The number of benzene rings is 1. The monoisotopic (exact) mass is 491 g/mol. The van der Waals surface area contributed by atoms with Gasteiger partial charge in [-0.3, -0.25) is 4.79 Å². The number of hydrogen-bond acceptors (Lipinski definition) is 8. The Balaban J connectivity index is 1.38. The SMILES string of the molecule is CCC1(c2nc(-c3cnc(OC)cn3)no2)CCC(CNC(=O)c2cc(F)c(O)c(F)c2F)CC1. The fraction of sp³-hybridized carbons (Fsp3) is 0.435. The minimum absolute atomic E-state index is 0.0725. The lowest BCUT2D eigenvalue weighted by atomic mass is 9.68. The molecule has 1 fully saturated rings. The second kappa shape index (κ2) is 9.88. The Morgan fingerprint density at radius 3 is 2.60 bits per heavy atom. The lowest BCUT2D eigenvalue weighted by molar-refractivity contribution is 0.0929. The lowest BCUT2D eigenvalue weighted by Crippen LogP contribution is -2.36. The molecule has 0 radical (unpaired) electrons. The van der Waals surface area contributed by atoms with Crippen LogP contribution in [0.15, 0.2) is 23.0 Å². The average molecular weight is 491 g/mol. The van der Waals surface area contributed by atoms with Crippen LogP contribution >= 0.6 is 0 Å². The van der Waals surface area contributed by atoms with E-state index in [0.717, 1.165) is 32.1 Å². The van der Waals surface area contributed by atoms with Crippen LogP contribution in [0.1, 0.15) is 55.3 Å². The molecule has 0 aliphatic heterocycles. The maximum atomic E-state index is 14.0. The van der Waals surface area contributed by atoms with E-state index < -0.39 is 34.7 Å². The Bertz CT molecular complexity index is 1210. The van der Waals surface area contributed by atoms with Crippen molar-refractivity contribution in [3.05, 3.63) is 47.4 Å². The number of carbonyl (C=O) groups excluding carboxylic acids is 1. The maximum absolute atomic E-state index is 14.0. The molecule has 0 saturated heterocycles. The Kier molecular flexibility index (Phi) is 6.90. The van der Waals surface area contributed by atoms with Gasteiger partial charge in [0.2, 0.25) is 23.4 Å². The van der Waals surface area contributed by atoms with E-state index in [1.54, 1.807) is 0 Å². The van der Waals surface area contributed by atoms with Crippen LogP contribution in [0.5, 0.6) is 11.6 Å². The zero-order valence-electron chi connectivity index (χ0n) is 19.1. The number of phenolic OH excluding ortho intramolecular Hbond substituents is 1. The number of phenols is 1. The first kappa shape index (κ1) is 24.4. The fourth-order valence-electron chi connectivity index (χ4n) is 4.32. The lowest BCUT2D eigenvalue weighted by Gasteiger charge is -2.36. The van der Waals surface area contributed by atoms with Crippen LogP contribution in [0.25, 0.3) is 11.5 Å². The highest BCUT2D eigenvalue weighted by atomic mass is 19.2. The molecule has 2 N–H and O–H groups in total. The van der Waals surface area contributed by atoms with Gasteiger partial charge >= 0.3 is 0 Å². The van der Waals surface area contributed by atoms with Gasteiger partial charge in [0.25, 0.3) is 5.91 Å². The summed E-state index contributed by atoms with van der Waals surface area (Å²) in [5, 5.41) is 15.7. The first-order chi connectivity index (χ1) is 16.8. The topological polar surface area (TPSA) is 123 Å². The molecule has 1 saturated carbocycles. The quantitative estimate of drug-likeness (QED) is 0.477. The van der Waals surface area contributed by atoms with Crippen molar-refractivity contribution in [2.24, 2.45) is 5.92 Å². The van der Waals surface area contributed by atoms with Crippen molar-refractivity contribution in [2.45, 2.75) is 44.4 Å². The summed E-state index contributed by atoms with van der Waals surface area (Å²) in [6.07, 6.45) is 6.60. The summed E-state index contributed by atoms with van der Waals surface area (Å²) in [4.78, 5) is 25.2. The number of nitrogens with one attached hydrogen (secondary N) is 1.